The van der Waals surface area contributed by atoms with Crippen molar-refractivity contribution in [3.63, 3.8) is 0 Å². The fourth-order valence-corrected chi connectivity index (χ4v) is 2.54. The number of thioether (sulfide) groups is 1. The largest absolute Gasteiger partial charge is 0.459 e. The zero-order valence-corrected chi connectivity index (χ0v) is 10.7. The number of carbonyl (C=O) groups excluding carboxylic acids is 1. The summed E-state index contributed by atoms with van der Waals surface area (Å²) in [6, 6.07) is 2.03. The third-order valence-corrected chi connectivity index (χ3v) is 3.42. The summed E-state index contributed by atoms with van der Waals surface area (Å²) in [5, 5.41) is 11.8. The summed E-state index contributed by atoms with van der Waals surface area (Å²) in [4.78, 5) is 11.3. The maximum atomic E-state index is 11.3. The number of hydrogen-bond acceptors (Lipinski definition) is 7. The van der Waals surface area contributed by atoms with Gasteiger partial charge in [0.2, 0.25) is 0 Å². The van der Waals surface area contributed by atoms with E-state index in [-0.39, 0.29) is 5.89 Å². The molecule has 7 heteroatoms. The highest BCUT2D eigenvalue weighted by atomic mass is 32.2. The number of carbonyl (C=O) groups is 1. The molecule has 2 aromatic rings. The van der Waals surface area contributed by atoms with Crippen molar-refractivity contribution in [2.75, 3.05) is 6.61 Å². The SMILES string of the molecule is CCOC(=O)c1nnc(SCc2ccsc2)o1. The number of hydrogen-bond donors (Lipinski definition) is 0. The summed E-state index contributed by atoms with van der Waals surface area (Å²) in [6.07, 6.45) is 0. The molecule has 2 heterocycles. The van der Waals surface area contributed by atoms with Gasteiger partial charge in [0, 0.05) is 5.75 Å². The summed E-state index contributed by atoms with van der Waals surface area (Å²) in [5.74, 6) is 0.0654. The van der Waals surface area contributed by atoms with E-state index in [1.54, 1.807) is 18.3 Å². The number of nitrogens with zero attached hydrogens (tertiary/aromatic N) is 2. The van der Waals surface area contributed by atoms with E-state index in [0.29, 0.717) is 11.8 Å². The molecule has 0 spiro atoms. The molecule has 5 nitrogen and oxygen atoms in total. The minimum atomic E-state index is -0.581. The van der Waals surface area contributed by atoms with Crippen LogP contribution in [0, 0.1) is 0 Å². The second-order valence-electron chi connectivity index (χ2n) is 3.01. The van der Waals surface area contributed by atoms with E-state index in [1.807, 2.05) is 11.4 Å². The lowest BCUT2D eigenvalue weighted by molar-refractivity contribution is 0.0475. The van der Waals surface area contributed by atoms with Gasteiger partial charge in [-0.1, -0.05) is 16.9 Å². The van der Waals surface area contributed by atoms with Crippen LogP contribution in [0.5, 0.6) is 0 Å². The first kappa shape index (κ1) is 12.1. The quantitative estimate of drug-likeness (QED) is 0.614. The minimum Gasteiger partial charge on any atom is -0.459 e. The van der Waals surface area contributed by atoms with Crippen LogP contribution in [0.2, 0.25) is 0 Å². The van der Waals surface area contributed by atoms with Crippen molar-refractivity contribution in [2.24, 2.45) is 0 Å². The van der Waals surface area contributed by atoms with Gasteiger partial charge in [-0.2, -0.15) is 11.3 Å². The zero-order chi connectivity index (χ0) is 12.1. The smallest absolute Gasteiger partial charge is 0.396 e. The molecule has 0 N–H and O–H groups in total. The van der Waals surface area contributed by atoms with Crippen LogP contribution in [0.4, 0.5) is 0 Å². The van der Waals surface area contributed by atoms with Gasteiger partial charge in [-0.05, 0) is 29.3 Å². The first-order valence-electron chi connectivity index (χ1n) is 4.94. The molecule has 0 aliphatic rings. The van der Waals surface area contributed by atoms with Gasteiger partial charge in [0.05, 0.1) is 6.61 Å². The molecule has 2 aromatic heterocycles. The Labute approximate surface area is 106 Å². The standard InChI is InChI=1S/C10H10N2O3S2/c1-2-14-9(13)8-11-12-10(15-8)17-6-7-3-4-16-5-7/h3-5H,2,6H2,1H3. The maximum Gasteiger partial charge on any atom is 0.396 e. The predicted octanol–water partition coefficient (Wildman–Crippen LogP) is 2.60. The minimum absolute atomic E-state index is 0.0975. The van der Waals surface area contributed by atoms with Crippen LogP contribution in [-0.4, -0.2) is 22.8 Å². The van der Waals surface area contributed by atoms with Crippen molar-refractivity contribution in [1.29, 1.82) is 0 Å². The first-order chi connectivity index (χ1) is 8.29. The molecule has 0 aromatic carbocycles. The second-order valence-corrected chi connectivity index (χ2v) is 4.72. The van der Waals surface area contributed by atoms with Gasteiger partial charge in [0.25, 0.3) is 5.22 Å². The molecular weight excluding hydrogens is 260 g/mol. The van der Waals surface area contributed by atoms with E-state index in [0.717, 1.165) is 5.75 Å². The van der Waals surface area contributed by atoms with Crippen molar-refractivity contribution < 1.29 is 13.9 Å². The summed E-state index contributed by atoms with van der Waals surface area (Å²) >= 11 is 3.03. The van der Waals surface area contributed by atoms with Crippen LogP contribution in [0.1, 0.15) is 23.2 Å². The van der Waals surface area contributed by atoms with Crippen molar-refractivity contribution >= 4 is 29.1 Å². The lowest BCUT2D eigenvalue weighted by Gasteiger charge is -1.94. The van der Waals surface area contributed by atoms with E-state index < -0.39 is 5.97 Å². The molecule has 0 saturated carbocycles. The van der Waals surface area contributed by atoms with Crippen LogP contribution in [0.25, 0.3) is 0 Å². The summed E-state index contributed by atoms with van der Waals surface area (Å²) in [7, 11) is 0. The van der Waals surface area contributed by atoms with Crippen LogP contribution in [0.15, 0.2) is 26.5 Å². The second kappa shape index (κ2) is 5.83. The summed E-state index contributed by atoms with van der Waals surface area (Å²) in [6.45, 7) is 2.01. The Morgan fingerprint density at radius 2 is 2.47 bits per heavy atom. The van der Waals surface area contributed by atoms with Crippen LogP contribution in [0.3, 0.4) is 0 Å². The third-order valence-electron chi connectivity index (χ3n) is 1.80. The third kappa shape index (κ3) is 3.31. The predicted molar refractivity (Wildman–Crippen MR) is 64.1 cm³/mol. The molecule has 0 aliphatic carbocycles. The average molecular weight is 270 g/mol. The van der Waals surface area contributed by atoms with Crippen LogP contribution < -0.4 is 0 Å². The van der Waals surface area contributed by atoms with Gasteiger partial charge < -0.3 is 9.15 Å². The number of esters is 1. The molecular formula is C10H10N2O3S2. The lowest BCUT2D eigenvalue weighted by Crippen LogP contribution is -2.04. The fourth-order valence-electron chi connectivity index (χ4n) is 1.06. The van der Waals surface area contributed by atoms with Crippen molar-refractivity contribution in [3.8, 4) is 0 Å². The van der Waals surface area contributed by atoms with Gasteiger partial charge in [-0.3, -0.25) is 0 Å². The average Bonchev–Trinajstić information content (AvgIpc) is 2.98. The fraction of sp³-hybridized carbons (Fsp3) is 0.300. The molecule has 0 fully saturated rings. The van der Waals surface area contributed by atoms with E-state index in [4.69, 9.17) is 9.15 Å². The molecule has 0 bridgehead atoms. The Balaban J connectivity index is 1.92. The van der Waals surface area contributed by atoms with Gasteiger partial charge in [0.1, 0.15) is 0 Å². The maximum absolute atomic E-state index is 11.3. The molecule has 2 rings (SSSR count). The Hall–Kier alpha value is -1.34. The van der Waals surface area contributed by atoms with Crippen LogP contribution >= 0.6 is 23.1 Å². The molecule has 0 atom stereocenters. The van der Waals surface area contributed by atoms with Crippen molar-refractivity contribution in [3.05, 3.63) is 28.3 Å². The highest BCUT2D eigenvalue weighted by Crippen LogP contribution is 2.22. The first-order valence-corrected chi connectivity index (χ1v) is 6.87. The molecule has 90 valence electrons. The summed E-state index contributed by atoms with van der Waals surface area (Å²) in [5.41, 5.74) is 1.19. The zero-order valence-electron chi connectivity index (χ0n) is 9.08. The topological polar surface area (TPSA) is 65.2 Å². The van der Waals surface area contributed by atoms with E-state index >= 15 is 0 Å². The number of aromatic nitrogens is 2. The molecule has 17 heavy (non-hydrogen) atoms. The van der Waals surface area contributed by atoms with Gasteiger partial charge >= 0.3 is 11.9 Å². The molecule has 0 unspecified atom stereocenters. The van der Waals surface area contributed by atoms with E-state index in [1.165, 1.54) is 17.3 Å². The Morgan fingerprint density at radius 1 is 1.59 bits per heavy atom. The molecule has 0 saturated heterocycles. The lowest BCUT2D eigenvalue weighted by atomic mass is 10.4. The number of ether oxygens (including phenoxy) is 1. The van der Waals surface area contributed by atoms with E-state index in [2.05, 4.69) is 15.6 Å². The van der Waals surface area contributed by atoms with Gasteiger partial charge in [-0.15, -0.1) is 5.10 Å². The molecule has 0 amide bonds. The molecule has 0 radical (unpaired) electrons. The van der Waals surface area contributed by atoms with E-state index in [9.17, 15) is 4.79 Å². The monoisotopic (exact) mass is 270 g/mol. The summed E-state index contributed by atoms with van der Waals surface area (Å²) < 4.78 is 9.91. The normalized spacial score (nSPS) is 10.4. The number of thiophene rings is 1. The molecule has 0 aliphatic heterocycles. The van der Waals surface area contributed by atoms with Crippen LogP contribution in [-0.2, 0) is 10.5 Å². The van der Waals surface area contributed by atoms with Gasteiger partial charge in [0.15, 0.2) is 0 Å². The highest BCUT2D eigenvalue weighted by Gasteiger charge is 2.15. The van der Waals surface area contributed by atoms with Crippen molar-refractivity contribution in [1.82, 2.24) is 10.2 Å². The highest BCUT2D eigenvalue weighted by molar-refractivity contribution is 7.98. The Morgan fingerprint density at radius 3 is 3.18 bits per heavy atom. The van der Waals surface area contributed by atoms with Crippen molar-refractivity contribution in [2.45, 2.75) is 17.9 Å². The Bertz CT molecular complexity index is 481. The van der Waals surface area contributed by atoms with Gasteiger partial charge in [-0.25, -0.2) is 4.79 Å². The number of rotatable bonds is 5. The Kier molecular flexibility index (Phi) is 4.16.